The molecule has 1 aromatic carbocycles. The van der Waals surface area contributed by atoms with Gasteiger partial charge >= 0.3 is 0 Å². The Hall–Kier alpha value is -3.22. The van der Waals surface area contributed by atoms with E-state index in [0.29, 0.717) is 17.9 Å². The number of aromatic nitrogens is 1. The summed E-state index contributed by atoms with van der Waals surface area (Å²) in [6.07, 6.45) is 3.01. The minimum Gasteiger partial charge on any atom is -0.352 e. The lowest BCUT2D eigenvalue weighted by molar-refractivity contribution is -0.127. The Kier molecular flexibility index (Phi) is 6.01. The summed E-state index contributed by atoms with van der Waals surface area (Å²) in [7, 11) is 0. The molecule has 124 valence electrons. The third kappa shape index (κ3) is 5.88. The van der Waals surface area contributed by atoms with Crippen LogP contribution in [0.3, 0.4) is 0 Å². The van der Waals surface area contributed by atoms with Gasteiger partial charge in [-0.05, 0) is 42.0 Å². The smallest absolute Gasteiger partial charge is 0.233 e. The fourth-order valence-electron chi connectivity index (χ4n) is 1.95. The monoisotopic (exact) mass is 326 g/mol. The molecular weight excluding hydrogens is 308 g/mol. The van der Waals surface area contributed by atoms with Gasteiger partial charge in [0.2, 0.25) is 17.7 Å². The quantitative estimate of drug-likeness (QED) is 0.703. The van der Waals surface area contributed by atoms with Gasteiger partial charge in [-0.3, -0.25) is 19.4 Å². The number of carbonyl (C=O) groups excluding carboxylic acids is 3. The van der Waals surface area contributed by atoms with Gasteiger partial charge in [-0.15, -0.1) is 0 Å². The van der Waals surface area contributed by atoms with E-state index in [1.807, 2.05) is 0 Å². The topological polar surface area (TPSA) is 100 Å². The molecule has 24 heavy (non-hydrogen) atoms. The Morgan fingerprint density at radius 1 is 0.875 bits per heavy atom. The van der Waals surface area contributed by atoms with E-state index in [1.165, 1.54) is 6.92 Å². The van der Waals surface area contributed by atoms with Crippen LogP contribution in [0.1, 0.15) is 18.9 Å². The Balaban J connectivity index is 1.77. The van der Waals surface area contributed by atoms with Crippen LogP contribution in [0.15, 0.2) is 48.8 Å². The lowest BCUT2D eigenvalue weighted by Gasteiger charge is -2.08. The number of nitrogens with zero attached hydrogens (tertiary/aromatic N) is 1. The van der Waals surface area contributed by atoms with Crippen molar-refractivity contribution in [1.29, 1.82) is 0 Å². The lowest BCUT2D eigenvalue weighted by atomic mass is 10.2. The first-order valence-electron chi connectivity index (χ1n) is 7.36. The van der Waals surface area contributed by atoms with E-state index in [4.69, 9.17) is 0 Å². The molecule has 0 atom stereocenters. The van der Waals surface area contributed by atoms with Crippen LogP contribution in [0.2, 0.25) is 0 Å². The molecule has 0 saturated carbocycles. The number of benzene rings is 1. The average molecular weight is 326 g/mol. The summed E-state index contributed by atoms with van der Waals surface area (Å²) in [6.45, 7) is 1.76. The SMILES string of the molecule is CC(=O)Nc1ccc(NC(=O)CC(=O)NCc2ccncc2)cc1. The molecule has 0 bridgehead atoms. The molecule has 2 aromatic rings. The highest BCUT2D eigenvalue weighted by Gasteiger charge is 2.09. The zero-order chi connectivity index (χ0) is 17.4. The first-order valence-corrected chi connectivity index (χ1v) is 7.36. The molecule has 0 spiro atoms. The van der Waals surface area contributed by atoms with Crippen LogP contribution < -0.4 is 16.0 Å². The van der Waals surface area contributed by atoms with Gasteiger partial charge in [0.05, 0.1) is 0 Å². The van der Waals surface area contributed by atoms with Crippen molar-refractivity contribution >= 4 is 29.1 Å². The molecule has 0 unspecified atom stereocenters. The maximum atomic E-state index is 11.8. The van der Waals surface area contributed by atoms with E-state index in [1.54, 1.807) is 48.8 Å². The zero-order valence-electron chi connectivity index (χ0n) is 13.2. The standard InChI is InChI=1S/C17H18N4O3/c1-12(22)20-14-2-4-15(5-3-14)21-17(24)10-16(23)19-11-13-6-8-18-9-7-13/h2-9H,10-11H2,1H3,(H,19,23)(H,20,22)(H,21,24). The molecule has 0 saturated heterocycles. The molecule has 0 radical (unpaired) electrons. The van der Waals surface area contributed by atoms with E-state index >= 15 is 0 Å². The number of hydrogen-bond acceptors (Lipinski definition) is 4. The fraction of sp³-hybridized carbons (Fsp3) is 0.176. The van der Waals surface area contributed by atoms with Crippen molar-refractivity contribution in [2.24, 2.45) is 0 Å². The number of pyridine rings is 1. The predicted molar refractivity (Wildman–Crippen MR) is 90.1 cm³/mol. The van der Waals surface area contributed by atoms with Crippen molar-refractivity contribution < 1.29 is 14.4 Å². The Morgan fingerprint density at radius 2 is 1.46 bits per heavy atom. The minimum absolute atomic E-state index is 0.169. The Labute approximate surface area is 139 Å². The van der Waals surface area contributed by atoms with Gasteiger partial charge in [-0.25, -0.2) is 0 Å². The second-order valence-electron chi connectivity index (χ2n) is 5.12. The molecular formula is C17H18N4O3. The van der Waals surface area contributed by atoms with Crippen molar-refractivity contribution in [3.8, 4) is 0 Å². The highest BCUT2D eigenvalue weighted by Crippen LogP contribution is 2.13. The number of nitrogens with one attached hydrogen (secondary N) is 3. The number of rotatable bonds is 6. The fourth-order valence-corrected chi connectivity index (χ4v) is 1.95. The van der Waals surface area contributed by atoms with Gasteiger partial charge in [0.15, 0.2) is 0 Å². The maximum Gasteiger partial charge on any atom is 0.233 e. The van der Waals surface area contributed by atoms with Gasteiger partial charge in [0, 0.05) is 37.2 Å². The molecule has 7 nitrogen and oxygen atoms in total. The van der Waals surface area contributed by atoms with Crippen molar-refractivity contribution in [2.45, 2.75) is 19.9 Å². The van der Waals surface area contributed by atoms with Crippen LogP contribution in [0.5, 0.6) is 0 Å². The third-order valence-electron chi connectivity index (χ3n) is 3.05. The summed E-state index contributed by atoms with van der Waals surface area (Å²) in [4.78, 5) is 38.4. The summed E-state index contributed by atoms with van der Waals surface area (Å²) < 4.78 is 0. The van der Waals surface area contributed by atoms with Gasteiger partial charge in [0.25, 0.3) is 0 Å². The van der Waals surface area contributed by atoms with E-state index in [0.717, 1.165) is 5.56 Å². The lowest BCUT2D eigenvalue weighted by Crippen LogP contribution is -2.27. The van der Waals surface area contributed by atoms with Gasteiger partial charge in [0.1, 0.15) is 6.42 Å². The number of hydrogen-bond donors (Lipinski definition) is 3. The van der Waals surface area contributed by atoms with Crippen molar-refractivity contribution in [2.75, 3.05) is 10.6 Å². The highest BCUT2D eigenvalue weighted by molar-refractivity contribution is 6.03. The Morgan fingerprint density at radius 3 is 2.04 bits per heavy atom. The van der Waals surface area contributed by atoms with E-state index in [-0.39, 0.29) is 18.2 Å². The zero-order valence-corrected chi connectivity index (χ0v) is 13.2. The van der Waals surface area contributed by atoms with E-state index < -0.39 is 5.91 Å². The average Bonchev–Trinajstić information content (AvgIpc) is 2.55. The first kappa shape index (κ1) is 17.1. The van der Waals surface area contributed by atoms with Crippen molar-refractivity contribution in [3.05, 3.63) is 54.4 Å². The van der Waals surface area contributed by atoms with Crippen LogP contribution in [0.4, 0.5) is 11.4 Å². The van der Waals surface area contributed by atoms with Gasteiger partial charge in [-0.1, -0.05) is 0 Å². The normalized spacial score (nSPS) is 9.88. The summed E-state index contributed by atoms with van der Waals surface area (Å²) in [5, 5.41) is 7.93. The van der Waals surface area contributed by atoms with Gasteiger partial charge in [-0.2, -0.15) is 0 Å². The summed E-state index contributed by atoms with van der Waals surface area (Å²) >= 11 is 0. The molecule has 7 heteroatoms. The maximum absolute atomic E-state index is 11.8. The Bertz CT molecular complexity index is 714. The molecule has 0 fully saturated rings. The largest absolute Gasteiger partial charge is 0.352 e. The summed E-state index contributed by atoms with van der Waals surface area (Å²) in [6, 6.07) is 10.2. The molecule has 2 rings (SSSR count). The highest BCUT2D eigenvalue weighted by atomic mass is 16.2. The predicted octanol–water partition coefficient (Wildman–Crippen LogP) is 1.68. The van der Waals surface area contributed by atoms with Crippen LogP contribution in [0.25, 0.3) is 0 Å². The molecule has 0 aliphatic carbocycles. The molecule has 1 heterocycles. The number of anilines is 2. The molecule has 0 aliphatic rings. The number of amides is 3. The summed E-state index contributed by atoms with van der Waals surface area (Å²) in [5.74, 6) is -0.939. The van der Waals surface area contributed by atoms with Crippen molar-refractivity contribution in [3.63, 3.8) is 0 Å². The summed E-state index contributed by atoms with van der Waals surface area (Å²) in [5.41, 5.74) is 2.10. The van der Waals surface area contributed by atoms with Crippen LogP contribution in [-0.2, 0) is 20.9 Å². The van der Waals surface area contributed by atoms with E-state index in [9.17, 15) is 14.4 Å². The third-order valence-corrected chi connectivity index (χ3v) is 3.05. The second-order valence-corrected chi connectivity index (χ2v) is 5.12. The van der Waals surface area contributed by atoms with E-state index in [2.05, 4.69) is 20.9 Å². The second kappa shape index (κ2) is 8.42. The molecule has 0 aliphatic heterocycles. The van der Waals surface area contributed by atoms with Crippen LogP contribution in [-0.4, -0.2) is 22.7 Å². The van der Waals surface area contributed by atoms with Crippen LogP contribution >= 0.6 is 0 Å². The molecule has 3 amide bonds. The van der Waals surface area contributed by atoms with Crippen molar-refractivity contribution in [1.82, 2.24) is 10.3 Å². The molecule has 3 N–H and O–H groups in total. The van der Waals surface area contributed by atoms with Gasteiger partial charge < -0.3 is 16.0 Å². The number of carbonyl (C=O) groups is 3. The minimum atomic E-state index is -0.408. The first-order chi connectivity index (χ1) is 11.5. The van der Waals surface area contributed by atoms with Crippen LogP contribution in [0, 0.1) is 0 Å². The molecule has 1 aromatic heterocycles.